The molecule has 0 saturated heterocycles. The zero-order valence-corrected chi connectivity index (χ0v) is 17.3. The Kier molecular flexibility index (Phi) is 8.12. The van der Waals surface area contributed by atoms with Crippen LogP contribution in [-0.2, 0) is 6.42 Å². The van der Waals surface area contributed by atoms with Crippen LogP contribution in [0.2, 0.25) is 0 Å². The van der Waals surface area contributed by atoms with Gasteiger partial charge >= 0.3 is 0 Å². The fraction of sp³-hybridized carbons (Fsp3) is 0.364. The first-order chi connectivity index (χ1) is 13.8. The van der Waals surface area contributed by atoms with Crippen LogP contribution >= 0.6 is 0 Å². The van der Waals surface area contributed by atoms with Crippen molar-refractivity contribution in [1.82, 2.24) is 15.5 Å². The Hall–Kier alpha value is -2.96. The fourth-order valence-corrected chi connectivity index (χ4v) is 2.92. The van der Waals surface area contributed by atoms with Crippen molar-refractivity contribution in [3.05, 3.63) is 70.8 Å². The molecule has 156 valence electrons. The zero-order valence-electron chi connectivity index (χ0n) is 17.3. The van der Waals surface area contributed by atoms with E-state index in [9.17, 15) is 13.6 Å². The quantitative estimate of drug-likeness (QED) is 0.553. The summed E-state index contributed by atoms with van der Waals surface area (Å²) >= 11 is 0. The molecule has 0 fully saturated rings. The summed E-state index contributed by atoms with van der Waals surface area (Å²) in [6.07, 6.45) is 0.720. The van der Waals surface area contributed by atoms with E-state index in [0.29, 0.717) is 30.2 Å². The fourth-order valence-electron chi connectivity index (χ4n) is 2.92. The number of amides is 1. The molecule has 2 rings (SSSR count). The second kappa shape index (κ2) is 10.5. The number of hydrogen-bond donors (Lipinski definition) is 2. The average molecular weight is 402 g/mol. The van der Waals surface area contributed by atoms with E-state index in [1.807, 2.05) is 25.1 Å². The number of carbonyl (C=O) groups excluding carboxylic acids is 1. The van der Waals surface area contributed by atoms with E-state index in [1.165, 1.54) is 12.1 Å². The number of nitrogens with one attached hydrogen (secondary N) is 2. The standard InChI is InChI=1S/C22H28F2N4O/c1-15(19-9-8-18(23)13-20(19)24)14-27-22(25-2)26-11-10-16-6-5-7-17(12-16)21(29)28(3)4/h5-9,12-13,15H,10-11,14H2,1-4H3,(H2,25,26,27). The summed E-state index contributed by atoms with van der Waals surface area (Å²) in [6, 6.07) is 11.2. The number of halogens is 2. The molecule has 0 aromatic heterocycles. The number of guanidine groups is 1. The summed E-state index contributed by atoms with van der Waals surface area (Å²) in [5, 5.41) is 6.37. The van der Waals surface area contributed by atoms with Crippen LogP contribution in [-0.4, -0.2) is 51.0 Å². The maximum absolute atomic E-state index is 13.9. The monoisotopic (exact) mass is 402 g/mol. The van der Waals surface area contributed by atoms with Crippen LogP contribution in [0.15, 0.2) is 47.5 Å². The van der Waals surface area contributed by atoms with Crippen LogP contribution in [0.5, 0.6) is 0 Å². The van der Waals surface area contributed by atoms with E-state index in [2.05, 4.69) is 15.6 Å². The molecule has 1 unspecified atom stereocenters. The van der Waals surface area contributed by atoms with Crippen LogP contribution in [0.25, 0.3) is 0 Å². The minimum Gasteiger partial charge on any atom is -0.356 e. The number of carbonyl (C=O) groups is 1. The molecule has 0 bridgehead atoms. The molecular formula is C22H28F2N4O. The summed E-state index contributed by atoms with van der Waals surface area (Å²) in [6.45, 7) is 2.94. The molecule has 2 aromatic carbocycles. The maximum Gasteiger partial charge on any atom is 0.253 e. The predicted octanol–water partition coefficient (Wildman–Crippen LogP) is 3.18. The van der Waals surface area contributed by atoms with E-state index in [4.69, 9.17) is 0 Å². The van der Waals surface area contributed by atoms with Gasteiger partial charge in [0.1, 0.15) is 11.6 Å². The maximum atomic E-state index is 13.9. The molecular weight excluding hydrogens is 374 g/mol. The first kappa shape index (κ1) is 22.3. The smallest absolute Gasteiger partial charge is 0.253 e. The van der Waals surface area contributed by atoms with Gasteiger partial charge in [0.2, 0.25) is 0 Å². The molecule has 0 spiro atoms. The van der Waals surface area contributed by atoms with Crippen molar-refractivity contribution in [2.24, 2.45) is 4.99 Å². The Morgan fingerprint density at radius 1 is 1.14 bits per heavy atom. The molecule has 0 heterocycles. The lowest BCUT2D eigenvalue weighted by atomic mass is 10.0. The summed E-state index contributed by atoms with van der Waals surface area (Å²) in [4.78, 5) is 17.8. The molecule has 7 heteroatoms. The molecule has 2 aromatic rings. The van der Waals surface area contributed by atoms with E-state index >= 15 is 0 Å². The van der Waals surface area contributed by atoms with Crippen molar-refractivity contribution in [1.29, 1.82) is 0 Å². The lowest BCUT2D eigenvalue weighted by Crippen LogP contribution is -2.40. The topological polar surface area (TPSA) is 56.7 Å². The Morgan fingerprint density at radius 2 is 1.90 bits per heavy atom. The largest absolute Gasteiger partial charge is 0.356 e. The van der Waals surface area contributed by atoms with Gasteiger partial charge in [0, 0.05) is 51.8 Å². The number of hydrogen-bond acceptors (Lipinski definition) is 2. The number of aliphatic imine (C=N–C) groups is 1. The Bertz CT molecular complexity index is 868. The summed E-state index contributed by atoms with van der Waals surface area (Å²) in [5.74, 6) is -0.711. The highest BCUT2D eigenvalue weighted by atomic mass is 19.1. The van der Waals surface area contributed by atoms with Gasteiger partial charge in [-0.15, -0.1) is 0 Å². The Labute approximate surface area is 170 Å². The first-order valence-electron chi connectivity index (χ1n) is 9.52. The Balaban J connectivity index is 1.85. The van der Waals surface area contributed by atoms with Crippen LogP contribution in [0, 0.1) is 11.6 Å². The van der Waals surface area contributed by atoms with Crippen LogP contribution in [0.3, 0.4) is 0 Å². The molecule has 0 aliphatic heterocycles. The molecule has 0 aliphatic rings. The SMILES string of the molecule is CN=C(NCCc1cccc(C(=O)N(C)C)c1)NCC(C)c1ccc(F)cc1F. The molecule has 1 atom stereocenters. The van der Waals surface area contributed by atoms with Crippen molar-refractivity contribution >= 4 is 11.9 Å². The van der Waals surface area contributed by atoms with Gasteiger partial charge in [0.05, 0.1) is 0 Å². The molecule has 0 saturated carbocycles. The van der Waals surface area contributed by atoms with Gasteiger partial charge in [-0.3, -0.25) is 9.79 Å². The van der Waals surface area contributed by atoms with E-state index in [0.717, 1.165) is 18.1 Å². The van der Waals surface area contributed by atoms with Gasteiger partial charge < -0.3 is 15.5 Å². The van der Waals surface area contributed by atoms with Crippen molar-refractivity contribution in [2.45, 2.75) is 19.3 Å². The van der Waals surface area contributed by atoms with Gasteiger partial charge in [-0.2, -0.15) is 0 Å². The van der Waals surface area contributed by atoms with Gasteiger partial charge in [-0.25, -0.2) is 8.78 Å². The lowest BCUT2D eigenvalue weighted by molar-refractivity contribution is 0.0827. The second-order valence-corrected chi connectivity index (χ2v) is 7.10. The highest BCUT2D eigenvalue weighted by Gasteiger charge is 2.12. The first-order valence-corrected chi connectivity index (χ1v) is 9.52. The van der Waals surface area contributed by atoms with Gasteiger partial charge in [-0.1, -0.05) is 25.1 Å². The summed E-state index contributed by atoms with van der Waals surface area (Å²) in [7, 11) is 5.12. The van der Waals surface area contributed by atoms with Gasteiger partial charge in [0.25, 0.3) is 5.91 Å². The van der Waals surface area contributed by atoms with Crippen LogP contribution in [0.1, 0.15) is 34.3 Å². The van der Waals surface area contributed by atoms with Crippen LogP contribution < -0.4 is 10.6 Å². The van der Waals surface area contributed by atoms with Crippen molar-refractivity contribution in [3.8, 4) is 0 Å². The molecule has 0 radical (unpaired) electrons. The molecule has 0 aliphatic carbocycles. The van der Waals surface area contributed by atoms with Gasteiger partial charge in [0.15, 0.2) is 5.96 Å². The Morgan fingerprint density at radius 3 is 2.55 bits per heavy atom. The third-order valence-electron chi connectivity index (χ3n) is 4.58. The van der Waals surface area contributed by atoms with Crippen molar-refractivity contribution < 1.29 is 13.6 Å². The number of nitrogens with zero attached hydrogens (tertiary/aromatic N) is 2. The number of benzene rings is 2. The van der Waals surface area contributed by atoms with Gasteiger partial charge in [-0.05, 0) is 35.7 Å². The normalized spacial score (nSPS) is 12.4. The van der Waals surface area contributed by atoms with E-state index < -0.39 is 11.6 Å². The predicted molar refractivity (Wildman–Crippen MR) is 112 cm³/mol. The minimum absolute atomic E-state index is 0.0284. The van der Waals surface area contributed by atoms with Crippen LogP contribution in [0.4, 0.5) is 8.78 Å². The summed E-state index contributed by atoms with van der Waals surface area (Å²) in [5.41, 5.74) is 2.16. The molecule has 2 N–H and O–H groups in total. The lowest BCUT2D eigenvalue weighted by Gasteiger charge is -2.17. The zero-order chi connectivity index (χ0) is 21.4. The third kappa shape index (κ3) is 6.55. The highest BCUT2D eigenvalue weighted by Crippen LogP contribution is 2.19. The van der Waals surface area contributed by atoms with Crippen molar-refractivity contribution in [2.75, 3.05) is 34.2 Å². The average Bonchev–Trinajstić information content (AvgIpc) is 2.69. The summed E-state index contributed by atoms with van der Waals surface area (Å²) < 4.78 is 27.0. The third-order valence-corrected chi connectivity index (χ3v) is 4.58. The number of rotatable bonds is 7. The minimum atomic E-state index is -0.583. The molecule has 5 nitrogen and oxygen atoms in total. The highest BCUT2D eigenvalue weighted by molar-refractivity contribution is 5.94. The second-order valence-electron chi connectivity index (χ2n) is 7.10. The van der Waals surface area contributed by atoms with Crippen molar-refractivity contribution in [3.63, 3.8) is 0 Å². The van der Waals surface area contributed by atoms with E-state index in [1.54, 1.807) is 32.1 Å². The molecule has 1 amide bonds. The molecule has 29 heavy (non-hydrogen) atoms. The van der Waals surface area contributed by atoms with E-state index in [-0.39, 0.29) is 11.8 Å².